The molecular weight excluding hydrogens is 487 g/mol. The summed E-state index contributed by atoms with van der Waals surface area (Å²) in [6, 6.07) is 3.40. The summed E-state index contributed by atoms with van der Waals surface area (Å²) >= 11 is -0.353. The number of allylic oxidation sites excluding steroid dienone is 3. The van der Waals surface area contributed by atoms with Crippen molar-refractivity contribution in [3.8, 4) is 11.8 Å². The number of nitriles is 1. The normalized spacial score (nSPS) is 16.5. The molecule has 1 aromatic heterocycles. The number of nitrogens with zero attached hydrogens (tertiary/aromatic N) is 4. The molecule has 34 heavy (non-hydrogen) atoms. The van der Waals surface area contributed by atoms with Gasteiger partial charge in [-0.1, -0.05) is 20.1 Å². The van der Waals surface area contributed by atoms with E-state index in [4.69, 9.17) is 9.52 Å². The highest BCUT2D eigenvalue weighted by molar-refractivity contribution is 8.03. The summed E-state index contributed by atoms with van der Waals surface area (Å²) in [7, 11) is -3.30. The number of thioether (sulfide) groups is 1. The molecule has 0 aliphatic carbocycles. The van der Waals surface area contributed by atoms with Crippen molar-refractivity contribution in [1.29, 1.82) is 10.0 Å². The highest BCUT2D eigenvalue weighted by Crippen LogP contribution is 2.39. The van der Waals surface area contributed by atoms with Crippen molar-refractivity contribution in [2.24, 2.45) is 4.99 Å². The molecule has 0 aromatic carbocycles. The molecule has 2 rings (SSSR count). The van der Waals surface area contributed by atoms with Crippen LogP contribution in [0.3, 0.4) is 0 Å². The summed E-state index contributed by atoms with van der Waals surface area (Å²) < 4.78 is 65.0. The minimum Gasteiger partial charge on any atom is -0.471 e. The van der Waals surface area contributed by atoms with Crippen molar-refractivity contribution < 1.29 is 22.1 Å². The zero-order valence-corrected chi connectivity index (χ0v) is 20.7. The van der Waals surface area contributed by atoms with Crippen molar-refractivity contribution in [2.45, 2.75) is 43.7 Å². The molecule has 0 bridgehead atoms. The Balaban J connectivity index is 2.57. The van der Waals surface area contributed by atoms with Gasteiger partial charge in [-0.25, -0.2) is 14.0 Å². The summed E-state index contributed by atoms with van der Waals surface area (Å²) in [6.45, 7) is 14.1. The second-order valence-electron chi connectivity index (χ2n) is 7.70. The number of aromatic nitrogens is 1. The van der Waals surface area contributed by atoms with Crippen LogP contribution in [0.25, 0.3) is 5.57 Å². The van der Waals surface area contributed by atoms with E-state index in [-0.39, 0.29) is 44.6 Å². The maximum atomic E-state index is 13.1. The van der Waals surface area contributed by atoms with Gasteiger partial charge in [0.15, 0.2) is 5.60 Å². The molecule has 0 radical (unpaired) electrons. The molecule has 1 unspecified atom stereocenters. The van der Waals surface area contributed by atoms with E-state index in [0.29, 0.717) is 11.1 Å². The smallest absolute Gasteiger partial charge is 0.447 e. The summed E-state index contributed by atoms with van der Waals surface area (Å²) in [5.74, 6) is 0.162. The van der Waals surface area contributed by atoms with Crippen LogP contribution in [-0.2, 0) is 9.73 Å². The summed E-state index contributed by atoms with van der Waals surface area (Å²) in [4.78, 5) is 9.63. The maximum Gasteiger partial charge on any atom is 0.447 e. The third-order valence-corrected chi connectivity index (χ3v) is 6.86. The first kappa shape index (κ1) is 27.2. The van der Waals surface area contributed by atoms with E-state index in [1.54, 1.807) is 27.7 Å². The number of alkyl halides is 3. The second-order valence-corrected chi connectivity index (χ2v) is 11.2. The van der Waals surface area contributed by atoms with Crippen LogP contribution in [0, 0.1) is 16.1 Å². The number of pyridine rings is 1. The van der Waals surface area contributed by atoms with Crippen molar-refractivity contribution >= 4 is 33.4 Å². The van der Waals surface area contributed by atoms with Gasteiger partial charge in [0.05, 0.1) is 26.5 Å². The largest absolute Gasteiger partial charge is 0.471 e. The average molecular weight is 512 g/mol. The molecule has 0 amide bonds. The Hall–Kier alpha value is -3.04. The molecule has 1 aromatic rings. The Morgan fingerprint density at radius 1 is 1.44 bits per heavy atom. The van der Waals surface area contributed by atoms with Crippen LogP contribution < -0.4 is 4.74 Å². The van der Waals surface area contributed by atoms with Gasteiger partial charge in [-0.15, -0.1) is 0 Å². The standard InChI is InChI=1S/C22H24F3N5O2S2/c1-7-34(27,31)18-9-16(32-21(5,6)12-26)10-28-20(18)17(14(2)3)11-30-13-29-19(8-15(30)4)33-22(23,24)25/h8-11,13,27H,2,4,7H2,1,3,5-6H3/b17-11+. The van der Waals surface area contributed by atoms with Gasteiger partial charge in [0.25, 0.3) is 0 Å². The number of rotatable bonds is 8. The van der Waals surface area contributed by atoms with Gasteiger partial charge >= 0.3 is 5.51 Å². The van der Waals surface area contributed by atoms with E-state index in [2.05, 4.69) is 23.1 Å². The van der Waals surface area contributed by atoms with Crippen molar-refractivity contribution in [3.05, 3.63) is 59.7 Å². The molecule has 0 saturated carbocycles. The molecule has 1 aliphatic rings. The van der Waals surface area contributed by atoms with Crippen molar-refractivity contribution in [3.63, 3.8) is 0 Å². The van der Waals surface area contributed by atoms with Crippen molar-refractivity contribution in [2.75, 3.05) is 5.75 Å². The fraction of sp³-hybridized carbons (Fsp3) is 0.318. The fourth-order valence-electron chi connectivity index (χ4n) is 2.66. The topological polar surface area (TPSA) is 102 Å². The van der Waals surface area contributed by atoms with Gasteiger partial charge in [0.1, 0.15) is 23.2 Å². The first-order chi connectivity index (χ1) is 15.6. The lowest BCUT2D eigenvalue weighted by atomic mass is 10.1. The predicted octanol–water partition coefficient (Wildman–Crippen LogP) is 6.06. The molecule has 0 saturated heterocycles. The highest BCUT2D eigenvalue weighted by atomic mass is 32.2. The first-order valence-corrected chi connectivity index (χ1v) is 12.4. The van der Waals surface area contributed by atoms with Gasteiger partial charge in [-0.05, 0) is 32.4 Å². The van der Waals surface area contributed by atoms with Gasteiger partial charge in [-0.2, -0.15) is 18.4 Å². The van der Waals surface area contributed by atoms with Gasteiger partial charge in [-0.3, -0.25) is 4.98 Å². The van der Waals surface area contributed by atoms with E-state index < -0.39 is 20.8 Å². The predicted molar refractivity (Wildman–Crippen MR) is 128 cm³/mol. The zero-order valence-electron chi connectivity index (χ0n) is 19.1. The van der Waals surface area contributed by atoms with E-state index >= 15 is 0 Å². The van der Waals surface area contributed by atoms with Crippen LogP contribution in [0.2, 0.25) is 0 Å². The molecule has 7 nitrogen and oxygen atoms in total. The van der Waals surface area contributed by atoms with Crippen LogP contribution >= 0.6 is 11.8 Å². The summed E-state index contributed by atoms with van der Waals surface area (Å²) in [5, 5.41) is 8.97. The quantitative estimate of drug-likeness (QED) is 0.426. The Morgan fingerprint density at radius 2 is 2.09 bits per heavy atom. The molecule has 12 heteroatoms. The summed E-state index contributed by atoms with van der Waals surface area (Å²) in [5.41, 5.74) is -4.39. The maximum absolute atomic E-state index is 13.1. The second kappa shape index (κ2) is 10.1. The van der Waals surface area contributed by atoms with E-state index in [1.807, 2.05) is 6.07 Å². The van der Waals surface area contributed by atoms with Gasteiger partial charge in [0.2, 0.25) is 0 Å². The van der Waals surface area contributed by atoms with Crippen LogP contribution in [0.5, 0.6) is 5.75 Å². The molecule has 182 valence electrons. The average Bonchev–Trinajstić information content (AvgIpc) is 2.72. The van der Waals surface area contributed by atoms with Crippen LogP contribution in [-0.4, -0.2) is 37.3 Å². The van der Waals surface area contributed by atoms with Gasteiger partial charge in [0, 0.05) is 41.1 Å². The number of hydrogen-bond acceptors (Lipinski definition) is 8. The Kier molecular flexibility index (Phi) is 8.06. The number of hydrogen-bond donors (Lipinski definition) is 1. The summed E-state index contributed by atoms with van der Waals surface area (Å²) in [6.07, 6.45) is 5.19. The fourth-order valence-corrected chi connectivity index (χ4v) is 4.28. The molecular formula is C22H24F3N5O2S2. The first-order valence-electron chi connectivity index (χ1n) is 9.82. The minimum absolute atomic E-state index is 0.00507. The van der Waals surface area contributed by atoms with Crippen LogP contribution in [0.15, 0.2) is 63.9 Å². The third-order valence-electron chi connectivity index (χ3n) is 4.37. The molecule has 1 aliphatic heterocycles. The van der Waals surface area contributed by atoms with Gasteiger partial charge < -0.3 is 9.64 Å². The highest BCUT2D eigenvalue weighted by Gasteiger charge is 2.31. The van der Waals surface area contributed by atoms with Crippen LogP contribution in [0.1, 0.15) is 33.4 Å². The number of halogens is 3. The Labute approximate surface area is 201 Å². The van der Waals surface area contributed by atoms with Crippen molar-refractivity contribution in [1.82, 2.24) is 9.88 Å². The lowest BCUT2D eigenvalue weighted by Gasteiger charge is -2.23. The lowest BCUT2D eigenvalue weighted by Crippen LogP contribution is -2.25. The molecule has 1 atom stereocenters. The van der Waals surface area contributed by atoms with Crippen LogP contribution in [0.4, 0.5) is 13.2 Å². The molecule has 2 heterocycles. The SMILES string of the molecule is C=C(C)/C(=C\N1C=NC(SC(F)(F)F)=CC1=C)c1ncc(OC(C)(C)C#N)cc1S(=N)(=O)CC. The number of nitrogens with one attached hydrogen (secondary N) is 1. The Bertz CT molecular complexity index is 1240. The van der Waals surface area contributed by atoms with E-state index in [1.165, 1.54) is 35.8 Å². The molecule has 0 spiro atoms. The third kappa shape index (κ3) is 6.98. The Morgan fingerprint density at radius 3 is 2.59 bits per heavy atom. The van der Waals surface area contributed by atoms with E-state index in [0.717, 1.165) is 0 Å². The number of ether oxygens (including phenoxy) is 1. The van der Waals surface area contributed by atoms with E-state index in [9.17, 15) is 22.6 Å². The lowest BCUT2D eigenvalue weighted by molar-refractivity contribution is -0.0322. The minimum atomic E-state index is -4.48. The number of aliphatic imine (C=N–C) groups is 1. The zero-order chi connectivity index (χ0) is 25.9. The molecule has 0 fully saturated rings. The monoisotopic (exact) mass is 511 g/mol. The molecule has 1 N–H and O–H groups in total.